The Morgan fingerprint density at radius 1 is 0.500 bits per heavy atom. The van der Waals surface area contributed by atoms with Crippen molar-refractivity contribution in [3.8, 4) is 34.9 Å². The van der Waals surface area contributed by atoms with E-state index in [0.29, 0.717) is 11.4 Å². The molecule has 4 aliphatic carbocycles. The summed E-state index contributed by atoms with van der Waals surface area (Å²) in [5.74, 6) is 0.989. The van der Waals surface area contributed by atoms with Gasteiger partial charge in [-0.05, 0) is 37.1 Å². The topological polar surface area (TPSA) is 90.8 Å². The fourth-order valence-corrected chi connectivity index (χ4v) is 6.12. The van der Waals surface area contributed by atoms with Crippen molar-refractivity contribution in [3.63, 3.8) is 0 Å². The highest BCUT2D eigenvalue weighted by Crippen LogP contribution is 2.58. The summed E-state index contributed by atoms with van der Waals surface area (Å²) < 4.78 is 2.94. The lowest BCUT2D eigenvalue weighted by atomic mass is 10.0. The van der Waals surface area contributed by atoms with Gasteiger partial charge in [-0.2, -0.15) is 0 Å². The van der Waals surface area contributed by atoms with E-state index in [-0.39, 0.29) is 47.2 Å². The van der Waals surface area contributed by atoms with Crippen LogP contribution < -0.4 is 0 Å². The van der Waals surface area contributed by atoms with Crippen LogP contribution in [-0.2, 0) is 0 Å². The molecule has 0 aliphatic heterocycles. The summed E-state index contributed by atoms with van der Waals surface area (Å²) in [4.78, 5) is 0. The van der Waals surface area contributed by atoms with Gasteiger partial charge in [0.1, 0.15) is 0 Å². The average Bonchev–Trinajstić information content (AvgIpc) is 3.56. The number of rotatable bonds is 2. The summed E-state index contributed by atoms with van der Waals surface area (Å²) in [6, 6.07) is 7.10. The molecule has 0 amide bonds. The lowest BCUT2D eigenvalue weighted by Crippen LogP contribution is -1.98. The monoisotopic (exact) mass is 400 g/mol. The van der Waals surface area contributed by atoms with Gasteiger partial charge >= 0.3 is 0 Å². The Labute approximate surface area is 172 Å². The molecule has 4 bridgehead atoms. The third-order valence-electron chi connectivity index (χ3n) is 7.41. The van der Waals surface area contributed by atoms with Gasteiger partial charge in [0.05, 0.1) is 11.4 Å². The minimum absolute atomic E-state index is 0.0837. The van der Waals surface area contributed by atoms with Crippen LogP contribution in [0, 0.1) is 0 Å². The minimum atomic E-state index is 0.0837. The molecular weight excluding hydrogens is 380 g/mol. The fourth-order valence-electron chi connectivity index (χ4n) is 6.12. The summed E-state index contributed by atoms with van der Waals surface area (Å²) in [6.45, 7) is 0. The number of aromatic nitrogens is 2. The Kier molecular flexibility index (Phi) is 2.79. The molecule has 4 atom stereocenters. The summed E-state index contributed by atoms with van der Waals surface area (Å²) in [5.41, 5.74) is 4.55. The Bertz CT molecular complexity index is 1140. The van der Waals surface area contributed by atoms with E-state index in [1.165, 1.54) is 9.13 Å². The van der Waals surface area contributed by atoms with E-state index < -0.39 is 0 Å². The molecule has 30 heavy (non-hydrogen) atoms. The molecule has 0 fully saturated rings. The third-order valence-corrected chi connectivity index (χ3v) is 7.41. The van der Waals surface area contributed by atoms with Crippen molar-refractivity contribution < 1.29 is 20.4 Å². The molecule has 0 spiro atoms. The van der Waals surface area contributed by atoms with Crippen molar-refractivity contribution in [2.24, 2.45) is 0 Å². The molecule has 4 aliphatic rings. The first-order chi connectivity index (χ1) is 14.5. The smallest absolute Gasteiger partial charge is 0.202 e. The number of hydrogen-bond acceptors (Lipinski definition) is 4. The van der Waals surface area contributed by atoms with Crippen LogP contribution in [0.3, 0.4) is 0 Å². The van der Waals surface area contributed by atoms with Crippen LogP contribution in [0.15, 0.2) is 48.6 Å². The van der Waals surface area contributed by atoms with E-state index in [9.17, 15) is 20.4 Å². The van der Waals surface area contributed by atoms with Gasteiger partial charge in [-0.3, -0.25) is 9.13 Å². The number of fused-ring (bicyclic) bond motifs is 10. The van der Waals surface area contributed by atoms with E-state index in [1.54, 1.807) is 24.3 Å². The quantitative estimate of drug-likeness (QED) is 0.481. The van der Waals surface area contributed by atoms with Gasteiger partial charge in [0.25, 0.3) is 0 Å². The summed E-state index contributed by atoms with van der Waals surface area (Å²) in [7, 11) is 0. The predicted octanol–water partition coefficient (Wildman–Crippen LogP) is 4.37. The predicted molar refractivity (Wildman–Crippen MR) is 110 cm³/mol. The van der Waals surface area contributed by atoms with Gasteiger partial charge in [-0.25, -0.2) is 0 Å². The zero-order valence-electron chi connectivity index (χ0n) is 16.0. The van der Waals surface area contributed by atoms with Crippen LogP contribution in [-0.4, -0.2) is 29.6 Å². The molecule has 1 aromatic carbocycles. The third kappa shape index (κ3) is 1.72. The number of hydrogen-bond donors (Lipinski definition) is 4. The fraction of sp³-hybridized carbons (Fsp3) is 0.250. The first kappa shape index (κ1) is 16.3. The van der Waals surface area contributed by atoms with Gasteiger partial charge < -0.3 is 20.4 Å². The van der Waals surface area contributed by atoms with Crippen LogP contribution >= 0.6 is 0 Å². The van der Waals surface area contributed by atoms with Crippen molar-refractivity contribution in [1.29, 1.82) is 0 Å². The second-order valence-electron chi connectivity index (χ2n) is 8.80. The van der Waals surface area contributed by atoms with E-state index in [0.717, 1.165) is 35.1 Å². The molecule has 4 unspecified atom stereocenters. The SMILES string of the molecule is Oc1c2c(c(O)n1-c1ccc(-n3c(O)c4c(c3O)C3C=CC4C3)cc1)C1C=CC2C1. The summed E-state index contributed by atoms with van der Waals surface area (Å²) in [6.07, 6.45) is 10.2. The van der Waals surface area contributed by atoms with Crippen molar-refractivity contribution in [3.05, 3.63) is 70.8 Å². The van der Waals surface area contributed by atoms with Crippen molar-refractivity contribution in [1.82, 2.24) is 9.13 Å². The molecule has 0 saturated heterocycles. The largest absolute Gasteiger partial charge is 0.494 e. The molecule has 150 valence electrons. The molecule has 4 N–H and O–H groups in total. The molecule has 0 radical (unpaired) electrons. The highest BCUT2D eigenvalue weighted by molar-refractivity contribution is 5.64. The molecule has 6 heteroatoms. The van der Waals surface area contributed by atoms with Crippen LogP contribution in [0.2, 0.25) is 0 Å². The van der Waals surface area contributed by atoms with Crippen molar-refractivity contribution in [2.75, 3.05) is 0 Å². The normalized spacial score (nSPS) is 26.7. The maximum Gasteiger partial charge on any atom is 0.202 e. The standard InChI is InChI=1S/C24H20N2O4/c27-21-17-11-1-2-12(9-11)18(17)22(28)25(21)15-5-7-16(8-6-15)26-23(29)19-13-3-4-14(10-13)20(19)24(26)30/h1-8,11-14,27-30H,9-10H2. The zero-order valence-corrected chi connectivity index (χ0v) is 16.0. The summed E-state index contributed by atoms with van der Waals surface area (Å²) in [5, 5.41) is 43.2. The lowest BCUT2D eigenvalue weighted by molar-refractivity contribution is 0.393. The Morgan fingerprint density at radius 2 is 0.767 bits per heavy atom. The zero-order chi connectivity index (χ0) is 20.3. The molecule has 3 aromatic rings. The van der Waals surface area contributed by atoms with Gasteiger partial charge in [-0.1, -0.05) is 24.3 Å². The number of benzene rings is 1. The Balaban J connectivity index is 1.32. The maximum absolute atomic E-state index is 10.8. The second kappa shape index (κ2) is 5.14. The Hall–Kier alpha value is -3.54. The molecule has 6 nitrogen and oxygen atoms in total. The highest BCUT2D eigenvalue weighted by atomic mass is 16.3. The van der Waals surface area contributed by atoms with Gasteiger partial charge in [-0.15, -0.1) is 0 Å². The van der Waals surface area contributed by atoms with E-state index in [2.05, 4.69) is 24.3 Å². The molecular formula is C24H20N2O4. The number of aromatic hydroxyl groups is 4. The average molecular weight is 400 g/mol. The molecule has 7 rings (SSSR count). The highest BCUT2D eigenvalue weighted by Gasteiger charge is 2.42. The van der Waals surface area contributed by atoms with Crippen LogP contribution in [0.1, 0.15) is 58.8 Å². The van der Waals surface area contributed by atoms with E-state index >= 15 is 0 Å². The van der Waals surface area contributed by atoms with Crippen molar-refractivity contribution >= 4 is 0 Å². The molecule has 2 aromatic heterocycles. The minimum Gasteiger partial charge on any atom is -0.494 e. The van der Waals surface area contributed by atoms with Gasteiger partial charge in [0.2, 0.25) is 23.5 Å². The maximum atomic E-state index is 10.8. The molecule has 0 saturated carbocycles. The first-order valence-electron chi connectivity index (χ1n) is 10.3. The van der Waals surface area contributed by atoms with Gasteiger partial charge in [0, 0.05) is 45.9 Å². The van der Waals surface area contributed by atoms with E-state index in [1.807, 2.05) is 0 Å². The van der Waals surface area contributed by atoms with Crippen LogP contribution in [0.4, 0.5) is 0 Å². The van der Waals surface area contributed by atoms with Crippen molar-refractivity contribution in [2.45, 2.75) is 36.5 Å². The number of nitrogens with zero attached hydrogens (tertiary/aromatic N) is 2. The van der Waals surface area contributed by atoms with Crippen LogP contribution in [0.25, 0.3) is 11.4 Å². The Morgan fingerprint density at radius 3 is 1.03 bits per heavy atom. The van der Waals surface area contributed by atoms with Crippen LogP contribution in [0.5, 0.6) is 23.5 Å². The second-order valence-corrected chi connectivity index (χ2v) is 8.80. The molecule has 2 heterocycles. The first-order valence-corrected chi connectivity index (χ1v) is 10.3. The summed E-state index contributed by atoms with van der Waals surface area (Å²) >= 11 is 0. The van der Waals surface area contributed by atoms with Gasteiger partial charge in [0.15, 0.2) is 0 Å². The lowest BCUT2D eigenvalue weighted by Gasteiger charge is -2.13. The number of allylic oxidation sites excluding steroid dienone is 4. The van der Waals surface area contributed by atoms with E-state index in [4.69, 9.17) is 0 Å².